The summed E-state index contributed by atoms with van der Waals surface area (Å²) >= 11 is 0. The Labute approximate surface area is 118 Å². The molecule has 2 rings (SSSR count). The number of para-hydroxylation sites is 1. The highest BCUT2D eigenvalue weighted by Gasteiger charge is 2.23. The van der Waals surface area contributed by atoms with Gasteiger partial charge in [-0.1, -0.05) is 13.0 Å². The number of rotatable bonds is 7. The summed E-state index contributed by atoms with van der Waals surface area (Å²) in [7, 11) is 0. The van der Waals surface area contributed by atoms with Gasteiger partial charge in [-0.2, -0.15) is 0 Å². The zero-order valence-corrected chi connectivity index (χ0v) is 11.6. The third-order valence-electron chi connectivity index (χ3n) is 3.20. The Morgan fingerprint density at radius 3 is 3.05 bits per heavy atom. The van der Waals surface area contributed by atoms with Gasteiger partial charge in [0.2, 0.25) is 0 Å². The van der Waals surface area contributed by atoms with E-state index in [1.54, 1.807) is 18.2 Å². The second-order valence-corrected chi connectivity index (χ2v) is 4.78. The number of nitrogens with one attached hydrogen (secondary N) is 1. The van der Waals surface area contributed by atoms with Gasteiger partial charge in [0, 0.05) is 13.2 Å². The van der Waals surface area contributed by atoms with Crippen molar-refractivity contribution in [3.05, 3.63) is 28.3 Å². The fourth-order valence-corrected chi connectivity index (χ4v) is 2.19. The van der Waals surface area contributed by atoms with Crippen LogP contribution >= 0.6 is 0 Å². The molecule has 6 heteroatoms. The maximum atomic E-state index is 11.3. The van der Waals surface area contributed by atoms with Crippen LogP contribution in [0.4, 0.5) is 11.4 Å². The first kappa shape index (κ1) is 14.6. The molecule has 1 unspecified atom stereocenters. The summed E-state index contributed by atoms with van der Waals surface area (Å²) in [5.74, 6) is 0.298. The van der Waals surface area contributed by atoms with E-state index in [4.69, 9.17) is 9.47 Å². The number of anilines is 1. The van der Waals surface area contributed by atoms with E-state index in [1.165, 1.54) is 0 Å². The number of nitro benzene ring substituents is 1. The average Bonchev–Trinajstić information content (AvgIpc) is 2.95. The molecule has 1 aromatic rings. The molecular weight excluding hydrogens is 260 g/mol. The van der Waals surface area contributed by atoms with Crippen LogP contribution in [0.15, 0.2) is 18.2 Å². The molecule has 0 spiro atoms. The summed E-state index contributed by atoms with van der Waals surface area (Å²) < 4.78 is 11.1. The maximum absolute atomic E-state index is 11.3. The highest BCUT2D eigenvalue weighted by Crippen LogP contribution is 2.35. The van der Waals surface area contributed by atoms with Crippen LogP contribution in [-0.4, -0.2) is 30.8 Å². The number of hydrogen-bond acceptors (Lipinski definition) is 5. The topological polar surface area (TPSA) is 73.6 Å². The molecule has 1 aromatic carbocycles. The van der Waals surface area contributed by atoms with Crippen molar-refractivity contribution in [2.45, 2.75) is 32.3 Å². The average molecular weight is 280 g/mol. The van der Waals surface area contributed by atoms with Crippen LogP contribution in [0.5, 0.6) is 5.75 Å². The zero-order valence-electron chi connectivity index (χ0n) is 11.6. The lowest BCUT2D eigenvalue weighted by Crippen LogP contribution is -2.17. The monoisotopic (exact) mass is 280 g/mol. The quantitative estimate of drug-likeness (QED) is 0.614. The predicted molar refractivity (Wildman–Crippen MR) is 76.3 cm³/mol. The van der Waals surface area contributed by atoms with Crippen molar-refractivity contribution >= 4 is 11.4 Å². The third-order valence-corrected chi connectivity index (χ3v) is 3.20. The minimum absolute atomic E-state index is 0.000975. The van der Waals surface area contributed by atoms with Gasteiger partial charge in [0.1, 0.15) is 12.3 Å². The molecule has 0 bridgehead atoms. The molecule has 6 nitrogen and oxygen atoms in total. The van der Waals surface area contributed by atoms with Crippen LogP contribution in [-0.2, 0) is 4.74 Å². The maximum Gasteiger partial charge on any atom is 0.333 e. The van der Waals surface area contributed by atoms with Crippen LogP contribution in [0.25, 0.3) is 0 Å². The van der Waals surface area contributed by atoms with Crippen molar-refractivity contribution in [2.75, 3.05) is 25.1 Å². The van der Waals surface area contributed by atoms with Gasteiger partial charge < -0.3 is 14.8 Å². The number of nitrogens with zero attached hydrogens (tertiary/aromatic N) is 1. The number of benzene rings is 1. The lowest BCUT2D eigenvalue weighted by atomic mass is 10.2. The number of ether oxygens (including phenoxy) is 2. The zero-order chi connectivity index (χ0) is 14.4. The molecule has 1 heterocycles. The van der Waals surface area contributed by atoms with E-state index in [1.807, 2.05) is 6.92 Å². The predicted octanol–water partition coefficient (Wildman–Crippen LogP) is 2.97. The Morgan fingerprint density at radius 2 is 2.40 bits per heavy atom. The van der Waals surface area contributed by atoms with Gasteiger partial charge in [-0.25, -0.2) is 0 Å². The van der Waals surface area contributed by atoms with Gasteiger partial charge in [0.05, 0.1) is 11.0 Å². The smallest absolute Gasteiger partial charge is 0.333 e. The van der Waals surface area contributed by atoms with Crippen molar-refractivity contribution < 1.29 is 14.4 Å². The molecule has 0 saturated carbocycles. The standard InChI is InChI=1S/C14H20N2O4/c1-2-8-15-12-6-3-7-13(14(12)16(17)18)20-10-11-5-4-9-19-11/h3,6-7,11,15H,2,4-5,8-10H2,1H3. The molecule has 1 saturated heterocycles. The van der Waals surface area contributed by atoms with Gasteiger partial charge >= 0.3 is 5.69 Å². The SMILES string of the molecule is CCCNc1cccc(OCC2CCCO2)c1[N+](=O)[O-]. The molecular formula is C14H20N2O4. The Morgan fingerprint density at radius 1 is 1.55 bits per heavy atom. The van der Waals surface area contributed by atoms with Crippen LogP contribution in [0.1, 0.15) is 26.2 Å². The van der Waals surface area contributed by atoms with Crippen molar-refractivity contribution in [1.29, 1.82) is 0 Å². The Bertz CT molecular complexity index is 458. The summed E-state index contributed by atoms with van der Waals surface area (Å²) in [6.45, 7) is 3.80. The van der Waals surface area contributed by atoms with E-state index >= 15 is 0 Å². The molecule has 1 N–H and O–H groups in total. The van der Waals surface area contributed by atoms with Gasteiger partial charge in [-0.15, -0.1) is 0 Å². The van der Waals surface area contributed by atoms with Crippen molar-refractivity contribution in [3.63, 3.8) is 0 Å². The molecule has 0 amide bonds. The second-order valence-electron chi connectivity index (χ2n) is 4.78. The van der Waals surface area contributed by atoms with E-state index in [2.05, 4.69) is 5.32 Å². The lowest BCUT2D eigenvalue weighted by molar-refractivity contribution is -0.385. The molecule has 1 fully saturated rings. The van der Waals surface area contributed by atoms with Gasteiger partial charge in [0.15, 0.2) is 5.75 Å². The van der Waals surface area contributed by atoms with Crippen molar-refractivity contribution in [1.82, 2.24) is 0 Å². The summed E-state index contributed by atoms with van der Waals surface area (Å²) in [4.78, 5) is 10.9. The first-order valence-corrected chi connectivity index (χ1v) is 6.98. The Kier molecular flexibility index (Phi) is 5.17. The molecule has 1 aliphatic heterocycles. The fraction of sp³-hybridized carbons (Fsp3) is 0.571. The summed E-state index contributed by atoms with van der Waals surface area (Å²) in [6, 6.07) is 5.09. The van der Waals surface area contributed by atoms with Crippen LogP contribution in [0, 0.1) is 10.1 Å². The van der Waals surface area contributed by atoms with Crippen LogP contribution in [0.2, 0.25) is 0 Å². The van der Waals surface area contributed by atoms with Gasteiger partial charge in [-0.3, -0.25) is 10.1 Å². The third kappa shape index (κ3) is 3.60. The highest BCUT2D eigenvalue weighted by molar-refractivity contribution is 5.68. The number of nitro groups is 1. The van der Waals surface area contributed by atoms with E-state index in [-0.39, 0.29) is 11.8 Å². The van der Waals surface area contributed by atoms with Crippen molar-refractivity contribution in [3.8, 4) is 5.75 Å². The summed E-state index contributed by atoms with van der Waals surface area (Å²) in [5.41, 5.74) is 0.501. The van der Waals surface area contributed by atoms with E-state index in [9.17, 15) is 10.1 Å². The van der Waals surface area contributed by atoms with Crippen LogP contribution in [0.3, 0.4) is 0 Å². The number of hydrogen-bond donors (Lipinski definition) is 1. The minimum atomic E-state index is -0.400. The molecule has 110 valence electrons. The largest absolute Gasteiger partial charge is 0.484 e. The summed E-state index contributed by atoms with van der Waals surface area (Å²) in [6.07, 6.45) is 2.91. The molecule has 0 aliphatic carbocycles. The van der Waals surface area contributed by atoms with E-state index in [0.717, 1.165) is 25.9 Å². The first-order valence-electron chi connectivity index (χ1n) is 6.98. The molecule has 0 aromatic heterocycles. The fourth-order valence-electron chi connectivity index (χ4n) is 2.19. The Hall–Kier alpha value is -1.82. The first-order chi connectivity index (χ1) is 9.72. The van der Waals surface area contributed by atoms with Crippen molar-refractivity contribution in [2.24, 2.45) is 0 Å². The van der Waals surface area contributed by atoms with Gasteiger partial charge in [0.25, 0.3) is 0 Å². The van der Waals surface area contributed by atoms with E-state index < -0.39 is 4.92 Å². The van der Waals surface area contributed by atoms with Crippen LogP contribution < -0.4 is 10.1 Å². The normalized spacial score (nSPS) is 17.9. The molecule has 20 heavy (non-hydrogen) atoms. The lowest BCUT2D eigenvalue weighted by Gasteiger charge is -2.13. The minimum Gasteiger partial charge on any atom is -0.484 e. The highest BCUT2D eigenvalue weighted by atomic mass is 16.6. The molecule has 1 aliphatic rings. The van der Waals surface area contributed by atoms with Gasteiger partial charge in [-0.05, 0) is 31.4 Å². The molecule has 0 radical (unpaired) electrons. The molecule has 1 atom stereocenters. The van der Waals surface area contributed by atoms with E-state index in [0.29, 0.717) is 24.6 Å². The Balaban J connectivity index is 2.11. The second kappa shape index (κ2) is 7.09. The summed E-state index contributed by atoms with van der Waals surface area (Å²) in [5, 5.41) is 14.3.